The first kappa shape index (κ1) is 14.1. The Labute approximate surface area is 116 Å². The van der Waals surface area contributed by atoms with Gasteiger partial charge in [-0.3, -0.25) is 14.6 Å². The summed E-state index contributed by atoms with van der Waals surface area (Å²) in [5.41, 5.74) is 1.17. The number of rotatable bonds is 7. The fraction of sp³-hybridized carbons (Fsp3) is 0.385. The molecule has 0 unspecified atom stereocenters. The number of aromatic nitrogens is 4. The largest absolute Gasteiger partial charge is 0.476 e. The van der Waals surface area contributed by atoms with Gasteiger partial charge in [-0.25, -0.2) is 4.79 Å². The number of pyridine rings is 1. The molecule has 7 heteroatoms. The van der Waals surface area contributed by atoms with Crippen LogP contribution >= 0.6 is 0 Å². The van der Waals surface area contributed by atoms with Crippen molar-refractivity contribution < 1.29 is 9.90 Å². The van der Waals surface area contributed by atoms with Crippen molar-refractivity contribution in [3.63, 3.8) is 0 Å². The highest BCUT2D eigenvalue weighted by Gasteiger charge is 2.09. The number of nitrogens with zero attached hydrogens (tertiary/aromatic N) is 5. The van der Waals surface area contributed by atoms with Gasteiger partial charge in [0.2, 0.25) is 0 Å². The Kier molecular flexibility index (Phi) is 4.78. The summed E-state index contributed by atoms with van der Waals surface area (Å²) in [6.45, 7) is 5.22. The number of hydrogen-bond donors (Lipinski definition) is 1. The van der Waals surface area contributed by atoms with Crippen molar-refractivity contribution >= 4 is 5.97 Å². The first-order valence-electron chi connectivity index (χ1n) is 6.43. The van der Waals surface area contributed by atoms with Crippen LogP contribution in [-0.4, -0.2) is 49.0 Å². The topological polar surface area (TPSA) is 84.1 Å². The van der Waals surface area contributed by atoms with E-state index in [-0.39, 0.29) is 5.69 Å². The quantitative estimate of drug-likeness (QED) is 0.808. The summed E-state index contributed by atoms with van der Waals surface area (Å²) in [5.74, 6) is -1.06. The second-order valence-electron chi connectivity index (χ2n) is 4.40. The fourth-order valence-electron chi connectivity index (χ4n) is 1.84. The van der Waals surface area contributed by atoms with Crippen LogP contribution in [0.4, 0.5) is 0 Å². The van der Waals surface area contributed by atoms with Gasteiger partial charge in [-0.15, -0.1) is 5.10 Å². The van der Waals surface area contributed by atoms with Crippen molar-refractivity contribution in [2.24, 2.45) is 0 Å². The van der Waals surface area contributed by atoms with E-state index in [4.69, 9.17) is 5.11 Å². The molecule has 0 aromatic carbocycles. The first-order valence-corrected chi connectivity index (χ1v) is 6.43. The number of carboxylic acid groups (broad SMARTS) is 1. The average molecular weight is 275 g/mol. The van der Waals surface area contributed by atoms with Gasteiger partial charge in [-0.1, -0.05) is 12.1 Å². The SMILES string of the molecule is CCN(CCn1cc(C(=O)O)nn1)Cc1ccncc1. The summed E-state index contributed by atoms with van der Waals surface area (Å²) in [5, 5.41) is 16.2. The molecule has 0 radical (unpaired) electrons. The zero-order valence-electron chi connectivity index (χ0n) is 11.3. The molecule has 0 aliphatic carbocycles. The first-order chi connectivity index (χ1) is 9.69. The maximum atomic E-state index is 10.7. The maximum Gasteiger partial charge on any atom is 0.358 e. The van der Waals surface area contributed by atoms with Gasteiger partial charge in [0.05, 0.1) is 12.7 Å². The Morgan fingerprint density at radius 2 is 2.15 bits per heavy atom. The lowest BCUT2D eigenvalue weighted by atomic mass is 10.2. The van der Waals surface area contributed by atoms with E-state index in [1.54, 1.807) is 17.1 Å². The summed E-state index contributed by atoms with van der Waals surface area (Å²) in [7, 11) is 0. The van der Waals surface area contributed by atoms with Crippen molar-refractivity contribution in [3.8, 4) is 0 Å². The monoisotopic (exact) mass is 275 g/mol. The van der Waals surface area contributed by atoms with E-state index >= 15 is 0 Å². The minimum atomic E-state index is -1.06. The maximum absolute atomic E-state index is 10.7. The van der Waals surface area contributed by atoms with E-state index < -0.39 is 5.97 Å². The minimum absolute atomic E-state index is 0.0258. The molecule has 0 bridgehead atoms. The van der Waals surface area contributed by atoms with Gasteiger partial charge in [0, 0.05) is 25.5 Å². The van der Waals surface area contributed by atoms with Crippen LogP contribution in [0.5, 0.6) is 0 Å². The molecule has 0 amide bonds. The number of hydrogen-bond acceptors (Lipinski definition) is 5. The summed E-state index contributed by atoms with van der Waals surface area (Å²) in [6, 6.07) is 3.97. The lowest BCUT2D eigenvalue weighted by Crippen LogP contribution is -2.27. The van der Waals surface area contributed by atoms with Crippen molar-refractivity contribution in [3.05, 3.63) is 42.0 Å². The van der Waals surface area contributed by atoms with Crippen LogP contribution in [0, 0.1) is 0 Å². The molecule has 0 fully saturated rings. The number of carbonyl (C=O) groups is 1. The van der Waals surface area contributed by atoms with E-state index in [1.807, 2.05) is 12.1 Å². The molecule has 0 aliphatic heterocycles. The van der Waals surface area contributed by atoms with Crippen LogP contribution in [-0.2, 0) is 13.1 Å². The summed E-state index contributed by atoms with van der Waals surface area (Å²) in [4.78, 5) is 17.0. The van der Waals surface area contributed by atoms with E-state index in [0.717, 1.165) is 19.6 Å². The van der Waals surface area contributed by atoms with Crippen LogP contribution in [0.1, 0.15) is 23.0 Å². The Morgan fingerprint density at radius 3 is 2.75 bits per heavy atom. The van der Waals surface area contributed by atoms with Gasteiger partial charge < -0.3 is 5.11 Å². The second kappa shape index (κ2) is 6.76. The predicted octanol–water partition coefficient (Wildman–Crippen LogP) is 0.893. The molecule has 2 aromatic heterocycles. The summed E-state index contributed by atoms with van der Waals surface area (Å²) in [6.07, 6.45) is 5.00. The summed E-state index contributed by atoms with van der Waals surface area (Å²) < 4.78 is 1.55. The van der Waals surface area contributed by atoms with Crippen molar-refractivity contribution in [1.82, 2.24) is 24.9 Å². The molecule has 2 rings (SSSR count). The molecule has 1 N–H and O–H groups in total. The lowest BCUT2D eigenvalue weighted by Gasteiger charge is -2.20. The summed E-state index contributed by atoms with van der Waals surface area (Å²) >= 11 is 0. The second-order valence-corrected chi connectivity index (χ2v) is 4.40. The van der Waals surface area contributed by atoms with Crippen molar-refractivity contribution in [2.45, 2.75) is 20.0 Å². The number of aromatic carboxylic acids is 1. The third kappa shape index (κ3) is 3.86. The van der Waals surface area contributed by atoms with Gasteiger partial charge in [0.25, 0.3) is 0 Å². The molecule has 2 aromatic rings. The molecule has 0 atom stereocenters. The Hall–Kier alpha value is -2.28. The zero-order chi connectivity index (χ0) is 14.4. The van der Waals surface area contributed by atoms with Crippen LogP contribution in [0.2, 0.25) is 0 Å². The molecule has 0 saturated heterocycles. The predicted molar refractivity (Wildman–Crippen MR) is 72.2 cm³/mol. The van der Waals surface area contributed by atoms with Gasteiger partial charge in [0.15, 0.2) is 5.69 Å². The van der Waals surface area contributed by atoms with Crippen LogP contribution in [0.15, 0.2) is 30.7 Å². The lowest BCUT2D eigenvalue weighted by molar-refractivity contribution is 0.0690. The molecule has 0 spiro atoms. The normalized spacial score (nSPS) is 10.9. The van der Waals surface area contributed by atoms with Crippen molar-refractivity contribution in [1.29, 1.82) is 0 Å². The Balaban J connectivity index is 1.88. The van der Waals surface area contributed by atoms with Crippen LogP contribution in [0.3, 0.4) is 0 Å². The molecule has 106 valence electrons. The van der Waals surface area contributed by atoms with Gasteiger partial charge >= 0.3 is 5.97 Å². The highest BCUT2D eigenvalue weighted by Crippen LogP contribution is 2.03. The van der Waals surface area contributed by atoms with E-state index in [2.05, 4.69) is 27.1 Å². The number of likely N-dealkylation sites (N-methyl/N-ethyl adjacent to an activating group) is 1. The molecule has 0 aliphatic rings. The standard InChI is InChI=1S/C13H17N5O2/c1-2-17(9-11-3-5-14-6-4-11)7-8-18-10-12(13(19)20)15-16-18/h3-6,10H,2,7-9H2,1H3,(H,19,20). The van der Waals surface area contributed by atoms with Gasteiger partial charge in [-0.05, 0) is 24.2 Å². The molecule has 20 heavy (non-hydrogen) atoms. The van der Waals surface area contributed by atoms with Gasteiger partial charge in [-0.2, -0.15) is 0 Å². The number of carboxylic acids is 1. The van der Waals surface area contributed by atoms with E-state index in [1.165, 1.54) is 11.8 Å². The third-order valence-corrected chi connectivity index (χ3v) is 3.01. The molecule has 0 saturated carbocycles. The third-order valence-electron chi connectivity index (χ3n) is 3.01. The minimum Gasteiger partial charge on any atom is -0.476 e. The molecule has 2 heterocycles. The van der Waals surface area contributed by atoms with E-state index in [0.29, 0.717) is 6.54 Å². The van der Waals surface area contributed by atoms with E-state index in [9.17, 15) is 4.79 Å². The highest BCUT2D eigenvalue weighted by atomic mass is 16.4. The van der Waals surface area contributed by atoms with Crippen LogP contribution < -0.4 is 0 Å². The fourth-order valence-corrected chi connectivity index (χ4v) is 1.84. The van der Waals surface area contributed by atoms with Crippen molar-refractivity contribution in [2.75, 3.05) is 13.1 Å². The van der Waals surface area contributed by atoms with Crippen LogP contribution in [0.25, 0.3) is 0 Å². The molecule has 7 nitrogen and oxygen atoms in total. The smallest absolute Gasteiger partial charge is 0.358 e. The zero-order valence-corrected chi connectivity index (χ0v) is 11.3. The van der Waals surface area contributed by atoms with Gasteiger partial charge in [0.1, 0.15) is 0 Å². The highest BCUT2D eigenvalue weighted by molar-refractivity contribution is 5.84. The Bertz CT molecular complexity index is 555. The molecular formula is C13H17N5O2. The Morgan fingerprint density at radius 1 is 1.40 bits per heavy atom. The average Bonchev–Trinajstić information content (AvgIpc) is 2.93. The molecular weight excluding hydrogens is 258 g/mol.